The van der Waals surface area contributed by atoms with E-state index >= 15 is 0 Å². The quantitative estimate of drug-likeness (QED) is 0.862. The normalized spacial score (nSPS) is 15.5. The number of hydrogen-bond donors (Lipinski definition) is 1. The second-order valence-corrected chi connectivity index (χ2v) is 8.01. The Bertz CT molecular complexity index is 973. The molecule has 2 aromatic rings. The number of amides is 1. The van der Waals surface area contributed by atoms with Crippen molar-refractivity contribution in [3.63, 3.8) is 0 Å². The molecule has 1 amide bonds. The summed E-state index contributed by atoms with van der Waals surface area (Å²) in [4.78, 5) is 11.8. The SMILES string of the molecule is Cc1ccc(NC(=O)c2ccc(F)c(S(=O)(=O)N3CCOCC3)c2)c(F)c1. The van der Waals surface area contributed by atoms with Crippen molar-refractivity contribution in [2.75, 3.05) is 31.6 Å². The van der Waals surface area contributed by atoms with Gasteiger partial charge in [-0.1, -0.05) is 6.07 Å². The average molecular weight is 396 g/mol. The summed E-state index contributed by atoms with van der Waals surface area (Å²) in [6.45, 7) is 2.35. The summed E-state index contributed by atoms with van der Waals surface area (Å²) in [6, 6.07) is 7.30. The van der Waals surface area contributed by atoms with Gasteiger partial charge in [-0.05, 0) is 42.8 Å². The van der Waals surface area contributed by atoms with Crippen LogP contribution in [0.3, 0.4) is 0 Å². The summed E-state index contributed by atoms with van der Waals surface area (Å²) in [5, 5.41) is 2.37. The number of hydrogen-bond acceptors (Lipinski definition) is 4. The minimum absolute atomic E-state index is 0.0486. The summed E-state index contributed by atoms with van der Waals surface area (Å²) in [5.41, 5.74) is 0.543. The summed E-state index contributed by atoms with van der Waals surface area (Å²) in [7, 11) is -4.11. The van der Waals surface area contributed by atoms with Gasteiger partial charge in [0.1, 0.15) is 16.5 Å². The summed E-state index contributed by atoms with van der Waals surface area (Å²) < 4.78 is 59.7. The maximum Gasteiger partial charge on any atom is 0.255 e. The highest BCUT2D eigenvalue weighted by atomic mass is 32.2. The summed E-state index contributed by atoms with van der Waals surface area (Å²) in [6.07, 6.45) is 0. The molecule has 1 N–H and O–H groups in total. The topological polar surface area (TPSA) is 75.7 Å². The number of rotatable bonds is 4. The number of nitrogens with one attached hydrogen (secondary N) is 1. The maximum absolute atomic E-state index is 14.2. The van der Waals surface area contributed by atoms with Crippen molar-refractivity contribution in [2.24, 2.45) is 0 Å². The van der Waals surface area contributed by atoms with Crippen LogP contribution in [0.4, 0.5) is 14.5 Å². The number of anilines is 1. The largest absolute Gasteiger partial charge is 0.379 e. The predicted molar refractivity (Wildman–Crippen MR) is 95.1 cm³/mol. The highest BCUT2D eigenvalue weighted by molar-refractivity contribution is 7.89. The van der Waals surface area contributed by atoms with Crippen LogP contribution in [-0.2, 0) is 14.8 Å². The number of carbonyl (C=O) groups is 1. The first-order valence-corrected chi connectivity index (χ1v) is 9.68. The molecule has 1 aliphatic heterocycles. The number of aryl methyl sites for hydroxylation is 1. The van der Waals surface area contributed by atoms with Crippen LogP contribution in [0, 0.1) is 18.6 Å². The molecule has 9 heteroatoms. The van der Waals surface area contributed by atoms with E-state index in [1.165, 1.54) is 12.1 Å². The Morgan fingerprint density at radius 2 is 1.78 bits per heavy atom. The van der Waals surface area contributed by atoms with Crippen molar-refractivity contribution in [3.8, 4) is 0 Å². The summed E-state index contributed by atoms with van der Waals surface area (Å²) >= 11 is 0. The van der Waals surface area contributed by atoms with Gasteiger partial charge >= 0.3 is 0 Å². The van der Waals surface area contributed by atoms with Gasteiger partial charge in [0.2, 0.25) is 10.0 Å². The standard InChI is InChI=1S/C18H18F2N2O4S/c1-12-2-5-16(15(20)10-12)21-18(23)13-3-4-14(19)17(11-13)27(24,25)22-6-8-26-9-7-22/h2-5,10-11H,6-9H2,1H3,(H,21,23). The van der Waals surface area contributed by atoms with Gasteiger partial charge in [-0.2, -0.15) is 4.31 Å². The van der Waals surface area contributed by atoms with Crippen LogP contribution < -0.4 is 5.32 Å². The third-order valence-corrected chi connectivity index (χ3v) is 6.07. The van der Waals surface area contributed by atoms with Gasteiger partial charge in [0, 0.05) is 18.7 Å². The van der Waals surface area contributed by atoms with Crippen molar-refractivity contribution in [2.45, 2.75) is 11.8 Å². The molecule has 1 saturated heterocycles. The predicted octanol–water partition coefficient (Wildman–Crippen LogP) is 2.55. The lowest BCUT2D eigenvalue weighted by Gasteiger charge is -2.26. The Balaban J connectivity index is 1.89. The monoisotopic (exact) mass is 396 g/mol. The number of halogens is 2. The molecule has 1 fully saturated rings. The van der Waals surface area contributed by atoms with Gasteiger partial charge in [-0.25, -0.2) is 17.2 Å². The van der Waals surface area contributed by atoms with Crippen LogP contribution in [0.15, 0.2) is 41.3 Å². The van der Waals surface area contributed by atoms with E-state index in [-0.39, 0.29) is 37.6 Å². The van der Waals surface area contributed by atoms with Crippen molar-refractivity contribution >= 4 is 21.6 Å². The fraction of sp³-hybridized carbons (Fsp3) is 0.278. The van der Waals surface area contributed by atoms with E-state index in [2.05, 4.69) is 5.32 Å². The second kappa shape index (κ2) is 7.71. The highest BCUT2D eigenvalue weighted by Crippen LogP contribution is 2.23. The first kappa shape index (κ1) is 19.4. The molecular weight excluding hydrogens is 378 g/mol. The lowest BCUT2D eigenvalue weighted by atomic mass is 10.2. The number of carbonyl (C=O) groups excluding carboxylic acids is 1. The molecule has 1 heterocycles. The Morgan fingerprint density at radius 3 is 2.44 bits per heavy atom. The van der Waals surface area contributed by atoms with Crippen LogP contribution in [0.5, 0.6) is 0 Å². The average Bonchev–Trinajstić information content (AvgIpc) is 2.65. The lowest BCUT2D eigenvalue weighted by molar-refractivity contribution is 0.0729. The molecule has 0 bridgehead atoms. The molecule has 2 aromatic carbocycles. The fourth-order valence-corrected chi connectivity index (χ4v) is 4.18. The molecule has 0 aromatic heterocycles. The van der Waals surface area contributed by atoms with Gasteiger partial charge in [0.05, 0.1) is 18.9 Å². The molecule has 0 aliphatic carbocycles. The van der Waals surface area contributed by atoms with Gasteiger partial charge in [-0.15, -0.1) is 0 Å². The van der Waals surface area contributed by atoms with E-state index < -0.39 is 32.5 Å². The van der Waals surface area contributed by atoms with Crippen LogP contribution in [0.25, 0.3) is 0 Å². The molecule has 0 atom stereocenters. The zero-order valence-corrected chi connectivity index (χ0v) is 15.4. The number of benzene rings is 2. The first-order valence-electron chi connectivity index (χ1n) is 8.24. The molecule has 0 radical (unpaired) electrons. The Labute approximate surface area is 155 Å². The van der Waals surface area contributed by atoms with E-state index in [0.29, 0.717) is 5.56 Å². The molecule has 6 nitrogen and oxygen atoms in total. The number of sulfonamides is 1. The van der Waals surface area contributed by atoms with Gasteiger partial charge in [0.15, 0.2) is 0 Å². The van der Waals surface area contributed by atoms with Crippen molar-refractivity contribution in [1.29, 1.82) is 0 Å². The molecule has 3 rings (SSSR count). The van der Waals surface area contributed by atoms with Gasteiger partial charge < -0.3 is 10.1 Å². The Kier molecular flexibility index (Phi) is 5.54. The van der Waals surface area contributed by atoms with E-state index in [1.54, 1.807) is 13.0 Å². The van der Waals surface area contributed by atoms with Crippen LogP contribution >= 0.6 is 0 Å². The molecule has 1 aliphatic rings. The van der Waals surface area contributed by atoms with Crippen molar-refractivity contribution in [1.82, 2.24) is 4.31 Å². The fourth-order valence-electron chi connectivity index (χ4n) is 2.68. The zero-order valence-electron chi connectivity index (χ0n) is 14.5. The van der Waals surface area contributed by atoms with E-state index in [9.17, 15) is 22.0 Å². The Hall–Kier alpha value is -2.36. The third kappa shape index (κ3) is 4.15. The number of morpholine rings is 1. The minimum Gasteiger partial charge on any atom is -0.379 e. The summed E-state index contributed by atoms with van der Waals surface area (Å²) in [5.74, 6) is -2.32. The van der Waals surface area contributed by atoms with E-state index in [4.69, 9.17) is 4.74 Å². The van der Waals surface area contributed by atoms with E-state index in [0.717, 1.165) is 22.5 Å². The van der Waals surface area contributed by atoms with Crippen molar-refractivity contribution in [3.05, 3.63) is 59.2 Å². The van der Waals surface area contributed by atoms with Gasteiger partial charge in [-0.3, -0.25) is 4.79 Å². The molecular formula is C18H18F2N2O4S. The second-order valence-electron chi connectivity index (χ2n) is 6.10. The number of ether oxygens (including phenoxy) is 1. The van der Waals surface area contributed by atoms with Crippen LogP contribution in [-0.4, -0.2) is 44.9 Å². The molecule has 144 valence electrons. The van der Waals surface area contributed by atoms with Crippen molar-refractivity contribution < 1.29 is 26.7 Å². The Morgan fingerprint density at radius 1 is 1.07 bits per heavy atom. The molecule has 0 unspecified atom stereocenters. The molecule has 27 heavy (non-hydrogen) atoms. The minimum atomic E-state index is -4.11. The zero-order chi connectivity index (χ0) is 19.6. The van der Waals surface area contributed by atoms with Crippen LogP contribution in [0.2, 0.25) is 0 Å². The smallest absolute Gasteiger partial charge is 0.255 e. The van der Waals surface area contributed by atoms with Gasteiger partial charge in [0.25, 0.3) is 5.91 Å². The first-order chi connectivity index (χ1) is 12.8. The lowest BCUT2D eigenvalue weighted by Crippen LogP contribution is -2.41. The number of nitrogens with zero attached hydrogens (tertiary/aromatic N) is 1. The highest BCUT2D eigenvalue weighted by Gasteiger charge is 2.29. The molecule has 0 saturated carbocycles. The maximum atomic E-state index is 14.2. The van der Waals surface area contributed by atoms with Crippen LogP contribution in [0.1, 0.15) is 15.9 Å². The van der Waals surface area contributed by atoms with E-state index in [1.807, 2.05) is 0 Å². The molecule has 0 spiro atoms. The third-order valence-electron chi connectivity index (χ3n) is 4.15.